The second-order valence-electron chi connectivity index (χ2n) is 2.91. The van der Waals surface area contributed by atoms with Crippen molar-refractivity contribution < 1.29 is 64.3 Å². The van der Waals surface area contributed by atoms with Crippen LogP contribution in [0.3, 0.4) is 0 Å². The largest absolute Gasteiger partial charge is 0.477 e. The molecule has 0 saturated carbocycles. The second-order valence-corrected chi connectivity index (χ2v) is 2.91. The molecule has 4 nitrogen and oxygen atoms in total. The van der Waals surface area contributed by atoms with E-state index in [1.807, 2.05) is 0 Å². The Kier molecular flexibility index (Phi) is 6.65. The van der Waals surface area contributed by atoms with Crippen LogP contribution in [-0.4, -0.2) is 45.8 Å². The maximum absolute atomic E-state index is 12.5. The molecule has 122 valence electrons. The third kappa shape index (κ3) is 2.72. The quantitative estimate of drug-likeness (QED) is 0.756. The van der Waals surface area contributed by atoms with Crippen LogP contribution in [0.25, 0.3) is 0 Å². The highest BCUT2D eigenvalue weighted by atomic mass is 19.4. The Morgan fingerprint density at radius 1 is 0.600 bits per heavy atom. The molecule has 0 rings (SSSR count). The monoisotopic (exact) mass is 330 g/mol. The standard InChI is InChI=1S/C6H2F8O4.2FH/c7-3(8,1(15)16)5(11,12)6(13,14)4(9,10)2(17)18;;/h(H,15,16)(H,17,18);2*1H. The molecule has 14 heteroatoms. The summed E-state index contributed by atoms with van der Waals surface area (Å²) in [4.78, 5) is 19.3. The van der Waals surface area contributed by atoms with Crippen LogP contribution >= 0.6 is 0 Å². The first-order valence-corrected chi connectivity index (χ1v) is 3.62. The number of alkyl halides is 8. The van der Waals surface area contributed by atoms with E-state index in [-0.39, 0.29) is 9.41 Å². The Balaban J connectivity index is -0.00000144. The molecule has 0 aliphatic heterocycles. The number of halogens is 10. The van der Waals surface area contributed by atoms with Gasteiger partial charge in [-0.15, -0.1) is 0 Å². The van der Waals surface area contributed by atoms with Gasteiger partial charge in [0.05, 0.1) is 0 Å². The fourth-order valence-electron chi connectivity index (χ4n) is 0.663. The van der Waals surface area contributed by atoms with E-state index in [0.29, 0.717) is 0 Å². The lowest BCUT2D eigenvalue weighted by Crippen LogP contribution is -2.66. The number of rotatable bonds is 5. The van der Waals surface area contributed by atoms with Gasteiger partial charge in [0.1, 0.15) is 0 Å². The van der Waals surface area contributed by atoms with Gasteiger partial charge in [0, 0.05) is 0 Å². The van der Waals surface area contributed by atoms with Gasteiger partial charge in [-0.1, -0.05) is 0 Å². The van der Waals surface area contributed by atoms with E-state index in [1.165, 1.54) is 0 Å². The first-order valence-electron chi connectivity index (χ1n) is 3.62. The Labute approximate surface area is 101 Å². The van der Waals surface area contributed by atoms with Crippen molar-refractivity contribution in [3.63, 3.8) is 0 Å². The highest BCUT2D eigenvalue weighted by Crippen LogP contribution is 2.52. The molecule has 0 aromatic rings. The van der Waals surface area contributed by atoms with Gasteiger partial charge in [0.2, 0.25) is 0 Å². The molecule has 0 aliphatic carbocycles. The lowest BCUT2D eigenvalue weighted by molar-refractivity contribution is -0.353. The summed E-state index contributed by atoms with van der Waals surface area (Å²) >= 11 is 0. The minimum absolute atomic E-state index is 0. The summed E-state index contributed by atoms with van der Waals surface area (Å²) in [6.07, 6.45) is 0. The number of hydrogen-bond donors (Lipinski definition) is 2. The Bertz CT molecular complexity index is 342. The molecule has 2 N–H and O–H groups in total. The Morgan fingerprint density at radius 3 is 0.850 bits per heavy atom. The number of hydrogen-bond acceptors (Lipinski definition) is 2. The zero-order valence-electron chi connectivity index (χ0n) is 8.55. The van der Waals surface area contributed by atoms with Gasteiger partial charge in [0.25, 0.3) is 0 Å². The molecule has 0 bridgehead atoms. The maximum Gasteiger partial charge on any atom is 0.410 e. The van der Waals surface area contributed by atoms with Gasteiger partial charge in [-0.05, 0) is 0 Å². The molecular weight excluding hydrogens is 326 g/mol. The van der Waals surface area contributed by atoms with Gasteiger partial charge in [-0.2, -0.15) is 35.1 Å². The fourth-order valence-corrected chi connectivity index (χ4v) is 0.663. The molecule has 0 saturated heterocycles. The average molecular weight is 330 g/mol. The fraction of sp³-hybridized carbons (Fsp3) is 0.667. The number of carboxylic acids is 2. The Hall–Kier alpha value is -1.76. The third-order valence-electron chi connectivity index (χ3n) is 1.72. The van der Waals surface area contributed by atoms with E-state index >= 15 is 0 Å². The van der Waals surface area contributed by atoms with Crippen LogP contribution in [0, 0.1) is 0 Å². The zero-order valence-corrected chi connectivity index (χ0v) is 8.55. The van der Waals surface area contributed by atoms with Crippen molar-refractivity contribution in [2.75, 3.05) is 0 Å². The van der Waals surface area contributed by atoms with E-state index in [1.54, 1.807) is 0 Å². The Morgan fingerprint density at radius 2 is 0.750 bits per heavy atom. The van der Waals surface area contributed by atoms with Crippen molar-refractivity contribution in [3.05, 3.63) is 0 Å². The summed E-state index contributed by atoms with van der Waals surface area (Å²) in [5.41, 5.74) is 0. The van der Waals surface area contributed by atoms with Crippen molar-refractivity contribution in [1.29, 1.82) is 0 Å². The summed E-state index contributed by atoms with van der Waals surface area (Å²) in [7, 11) is 0. The van der Waals surface area contributed by atoms with E-state index in [9.17, 15) is 44.7 Å². The predicted octanol–water partition coefficient (Wildman–Crippen LogP) is 2.00. The van der Waals surface area contributed by atoms with Crippen molar-refractivity contribution in [3.8, 4) is 0 Å². The molecule has 0 aliphatic rings. The molecule has 0 fully saturated rings. The number of aliphatic carboxylic acids is 2. The third-order valence-corrected chi connectivity index (χ3v) is 1.72. The van der Waals surface area contributed by atoms with Crippen molar-refractivity contribution >= 4 is 11.9 Å². The predicted molar refractivity (Wildman–Crippen MR) is 40.1 cm³/mol. The molecule has 0 unspecified atom stereocenters. The van der Waals surface area contributed by atoms with Gasteiger partial charge < -0.3 is 10.2 Å². The zero-order chi connectivity index (χ0) is 15.2. The SMILES string of the molecule is F.F.O=C(O)C(F)(F)C(F)(F)C(F)(F)C(F)(F)C(=O)O. The van der Waals surface area contributed by atoms with E-state index < -0.39 is 35.6 Å². The summed E-state index contributed by atoms with van der Waals surface area (Å²) < 4.78 is 98.9. The van der Waals surface area contributed by atoms with Gasteiger partial charge in [0.15, 0.2) is 0 Å². The highest BCUT2D eigenvalue weighted by molar-refractivity contribution is 5.80. The van der Waals surface area contributed by atoms with Crippen molar-refractivity contribution in [2.24, 2.45) is 0 Å². The smallest absolute Gasteiger partial charge is 0.410 e. The minimum atomic E-state index is -7.12. The van der Waals surface area contributed by atoms with Crippen molar-refractivity contribution in [1.82, 2.24) is 0 Å². The normalized spacial score (nSPS) is 13.0. The molecule has 20 heavy (non-hydrogen) atoms. The molecule has 0 heterocycles. The summed E-state index contributed by atoms with van der Waals surface area (Å²) in [5, 5.41) is 15.2. The lowest BCUT2D eigenvalue weighted by atomic mass is 9.99. The summed E-state index contributed by atoms with van der Waals surface area (Å²) in [6, 6.07) is 0. The van der Waals surface area contributed by atoms with Crippen LogP contribution in [0.5, 0.6) is 0 Å². The van der Waals surface area contributed by atoms with Crippen LogP contribution in [0.15, 0.2) is 0 Å². The molecule has 0 atom stereocenters. The molecule has 0 amide bonds. The maximum atomic E-state index is 12.5. The van der Waals surface area contributed by atoms with Gasteiger partial charge in [-0.3, -0.25) is 9.41 Å². The van der Waals surface area contributed by atoms with Crippen LogP contribution in [0.4, 0.5) is 44.5 Å². The van der Waals surface area contributed by atoms with Gasteiger partial charge >= 0.3 is 35.6 Å². The van der Waals surface area contributed by atoms with Crippen LogP contribution < -0.4 is 0 Å². The highest BCUT2D eigenvalue weighted by Gasteiger charge is 2.85. The first-order chi connectivity index (χ1) is 7.64. The van der Waals surface area contributed by atoms with Gasteiger partial charge in [-0.25, -0.2) is 9.59 Å². The summed E-state index contributed by atoms with van der Waals surface area (Å²) in [6.45, 7) is 0. The van der Waals surface area contributed by atoms with Crippen molar-refractivity contribution in [2.45, 2.75) is 23.7 Å². The molecule has 0 aromatic heterocycles. The molecule has 0 radical (unpaired) electrons. The average Bonchev–Trinajstić information content (AvgIpc) is 2.15. The lowest BCUT2D eigenvalue weighted by Gasteiger charge is -2.32. The van der Waals surface area contributed by atoms with E-state index in [0.717, 1.165) is 0 Å². The minimum Gasteiger partial charge on any atom is -0.477 e. The number of carbonyl (C=O) groups is 2. The summed E-state index contributed by atoms with van der Waals surface area (Å²) in [5.74, 6) is -35.0. The second kappa shape index (κ2) is 5.70. The van der Waals surface area contributed by atoms with Crippen LogP contribution in [0.1, 0.15) is 0 Å². The van der Waals surface area contributed by atoms with E-state index in [4.69, 9.17) is 10.2 Å². The molecule has 0 spiro atoms. The van der Waals surface area contributed by atoms with Crippen LogP contribution in [0.2, 0.25) is 0 Å². The number of carboxylic acid groups (broad SMARTS) is 2. The molecule has 0 aromatic carbocycles. The van der Waals surface area contributed by atoms with Crippen LogP contribution in [-0.2, 0) is 9.59 Å². The molecular formula is C6H4F10O4. The first kappa shape index (κ1) is 23.3. The topological polar surface area (TPSA) is 74.6 Å². The van der Waals surface area contributed by atoms with E-state index in [2.05, 4.69) is 0 Å².